The molecule has 0 amide bonds. The Morgan fingerprint density at radius 3 is 2.84 bits per heavy atom. The molecule has 1 aromatic carbocycles. The van der Waals surface area contributed by atoms with Crippen LogP contribution in [0.5, 0.6) is 0 Å². The second-order valence-corrected chi connectivity index (χ2v) is 5.91. The highest BCUT2D eigenvalue weighted by molar-refractivity contribution is 6.17. The van der Waals surface area contributed by atoms with Crippen molar-refractivity contribution >= 4 is 22.5 Å². The number of nitrogens with zero attached hydrogens (tertiary/aromatic N) is 1. The summed E-state index contributed by atoms with van der Waals surface area (Å²) in [5, 5.41) is 4.79. The van der Waals surface area contributed by atoms with E-state index < -0.39 is 0 Å². The highest BCUT2D eigenvalue weighted by Gasteiger charge is 2.41. The SMILES string of the molecule is ClCCC1(CNCc2cccc3cccnc23)CC1. The van der Waals surface area contributed by atoms with Crippen LogP contribution in [0, 0.1) is 5.41 Å². The first-order chi connectivity index (χ1) is 9.33. The zero-order valence-corrected chi connectivity index (χ0v) is 11.8. The minimum Gasteiger partial charge on any atom is -0.312 e. The van der Waals surface area contributed by atoms with Crippen molar-refractivity contribution in [3.63, 3.8) is 0 Å². The van der Waals surface area contributed by atoms with Crippen LogP contribution in [0.25, 0.3) is 10.9 Å². The second-order valence-electron chi connectivity index (χ2n) is 5.53. The van der Waals surface area contributed by atoms with Crippen molar-refractivity contribution in [2.75, 3.05) is 12.4 Å². The topological polar surface area (TPSA) is 24.9 Å². The van der Waals surface area contributed by atoms with Crippen LogP contribution in [0.3, 0.4) is 0 Å². The Morgan fingerprint density at radius 1 is 1.21 bits per heavy atom. The lowest BCUT2D eigenvalue weighted by atomic mass is 10.0. The van der Waals surface area contributed by atoms with Crippen LogP contribution in [-0.2, 0) is 6.54 Å². The maximum Gasteiger partial charge on any atom is 0.0746 e. The minimum absolute atomic E-state index is 0.486. The summed E-state index contributed by atoms with van der Waals surface area (Å²) in [6.45, 7) is 1.96. The first kappa shape index (κ1) is 12.9. The number of hydrogen-bond acceptors (Lipinski definition) is 2. The molecule has 19 heavy (non-hydrogen) atoms. The Morgan fingerprint density at radius 2 is 2.05 bits per heavy atom. The molecule has 2 aromatic rings. The van der Waals surface area contributed by atoms with Gasteiger partial charge in [0.2, 0.25) is 0 Å². The van der Waals surface area contributed by atoms with Crippen LogP contribution >= 0.6 is 11.6 Å². The molecule has 2 nitrogen and oxygen atoms in total. The van der Waals surface area contributed by atoms with E-state index in [0.717, 1.165) is 30.9 Å². The van der Waals surface area contributed by atoms with Gasteiger partial charge in [-0.2, -0.15) is 0 Å². The lowest BCUT2D eigenvalue weighted by Gasteiger charge is -2.15. The molecular weight excluding hydrogens is 256 g/mol. The van der Waals surface area contributed by atoms with Crippen LogP contribution in [-0.4, -0.2) is 17.4 Å². The van der Waals surface area contributed by atoms with Gasteiger partial charge in [0.05, 0.1) is 5.52 Å². The fourth-order valence-electron chi connectivity index (χ4n) is 2.66. The number of halogens is 1. The van der Waals surface area contributed by atoms with Gasteiger partial charge in [-0.1, -0.05) is 24.3 Å². The molecule has 0 atom stereocenters. The number of para-hydroxylation sites is 1. The summed E-state index contributed by atoms with van der Waals surface area (Å²) in [5.41, 5.74) is 2.87. The summed E-state index contributed by atoms with van der Waals surface area (Å²) in [6.07, 6.45) is 5.64. The van der Waals surface area contributed by atoms with Gasteiger partial charge in [-0.25, -0.2) is 0 Å². The summed E-state index contributed by atoms with van der Waals surface area (Å²) in [7, 11) is 0. The van der Waals surface area contributed by atoms with Crippen molar-refractivity contribution < 1.29 is 0 Å². The normalized spacial score (nSPS) is 16.7. The number of hydrogen-bond donors (Lipinski definition) is 1. The number of aromatic nitrogens is 1. The molecule has 3 heteroatoms. The third kappa shape index (κ3) is 2.90. The summed E-state index contributed by atoms with van der Waals surface area (Å²) in [5.74, 6) is 0.775. The number of rotatable bonds is 6. The van der Waals surface area contributed by atoms with Gasteiger partial charge >= 0.3 is 0 Å². The monoisotopic (exact) mass is 274 g/mol. The molecule has 3 rings (SSSR count). The van der Waals surface area contributed by atoms with E-state index in [1.165, 1.54) is 23.8 Å². The molecule has 1 heterocycles. The summed E-state index contributed by atoms with van der Waals surface area (Å²) in [4.78, 5) is 4.49. The smallest absolute Gasteiger partial charge is 0.0746 e. The predicted molar refractivity (Wildman–Crippen MR) is 80.5 cm³/mol. The average molecular weight is 275 g/mol. The quantitative estimate of drug-likeness (QED) is 0.812. The van der Waals surface area contributed by atoms with Crippen molar-refractivity contribution in [3.05, 3.63) is 42.1 Å². The highest BCUT2D eigenvalue weighted by Crippen LogP contribution is 2.48. The summed E-state index contributed by atoms with van der Waals surface area (Å²) in [6, 6.07) is 10.5. The molecule has 0 saturated heterocycles. The second kappa shape index (κ2) is 5.48. The Kier molecular flexibility index (Phi) is 3.72. The van der Waals surface area contributed by atoms with Gasteiger partial charge < -0.3 is 5.32 Å². The zero-order valence-electron chi connectivity index (χ0n) is 11.0. The lowest BCUT2D eigenvalue weighted by molar-refractivity contribution is 0.446. The van der Waals surface area contributed by atoms with Crippen molar-refractivity contribution in [1.29, 1.82) is 0 Å². The first-order valence-corrected chi connectivity index (χ1v) is 7.46. The lowest BCUT2D eigenvalue weighted by Crippen LogP contribution is -2.24. The van der Waals surface area contributed by atoms with Gasteiger partial charge in [-0.3, -0.25) is 4.98 Å². The van der Waals surface area contributed by atoms with Gasteiger partial charge in [-0.05, 0) is 36.3 Å². The maximum atomic E-state index is 5.86. The van der Waals surface area contributed by atoms with Crippen LogP contribution in [0.1, 0.15) is 24.8 Å². The molecular formula is C16H19ClN2. The largest absolute Gasteiger partial charge is 0.312 e. The molecule has 1 N–H and O–H groups in total. The molecule has 1 saturated carbocycles. The van der Waals surface area contributed by atoms with Gasteiger partial charge in [0, 0.05) is 30.6 Å². The standard InChI is InChI=1S/C16H19ClN2/c17-9-8-16(6-7-16)12-18-11-14-4-1-3-13-5-2-10-19-15(13)14/h1-5,10,18H,6-9,11-12H2. The average Bonchev–Trinajstić information content (AvgIpc) is 3.19. The molecule has 0 radical (unpaired) electrons. The summed E-state index contributed by atoms with van der Waals surface area (Å²) < 4.78 is 0. The van der Waals surface area contributed by atoms with Crippen LogP contribution < -0.4 is 5.32 Å². The van der Waals surface area contributed by atoms with E-state index in [1.807, 2.05) is 12.3 Å². The molecule has 1 aromatic heterocycles. The van der Waals surface area contributed by atoms with E-state index >= 15 is 0 Å². The van der Waals surface area contributed by atoms with Crippen LogP contribution in [0.15, 0.2) is 36.5 Å². The maximum absolute atomic E-state index is 5.86. The summed E-state index contributed by atoms with van der Waals surface area (Å²) >= 11 is 5.86. The van der Waals surface area contributed by atoms with Gasteiger partial charge in [0.25, 0.3) is 0 Å². The van der Waals surface area contributed by atoms with Gasteiger partial charge in [0.15, 0.2) is 0 Å². The molecule has 0 aliphatic heterocycles. The molecule has 1 aliphatic rings. The Labute approximate surface area is 119 Å². The zero-order chi connectivity index (χ0) is 13.1. The van der Waals surface area contributed by atoms with E-state index in [1.54, 1.807) is 0 Å². The molecule has 1 fully saturated rings. The van der Waals surface area contributed by atoms with E-state index in [9.17, 15) is 0 Å². The number of alkyl halides is 1. The van der Waals surface area contributed by atoms with Crippen LogP contribution in [0.2, 0.25) is 0 Å². The fraction of sp³-hybridized carbons (Fsp3) is 0.438. The Balaban J connectivity index is 1.66. The predicted octanol–water partition coefficient (Wildman–Crippen LogP) is 3.73. The third-order valence-electron chi connectivity index (χ3n) is 4.11. The first-order valence-electron chi connectivity index (χ1n) is 6.92. The Bertz CT molecular complexity index is 558. The fourth-order valence-corrected chi connectivity index (χ4v) is 3.07. The van der Waals surface area contributed by atoms with E-state index in [4.69, 9.17) is 11.6 Å². The minimum atomic E-state index is 0.486. The molecule has 0 unspecified atom stereocenters. The van der Waals surface area contributed by atoms with Gasteiger partial charge in [-0.15, -0.1) is 11.6 Å². The van der Waals surface area contributed by atoms with Gasteiger partial charge in [0.1, 0.15) is 0 Å². The number of benzene rings is 1. The van der Waals surface area contributed by atoms with E-state index in [2.05, 4.69) is 34.6 Å². The third-order valence-corrected chi connectivity index (χ3v) is 4.30. The highest BCUT2D eigenvalue weighted by atomic mass is 35.5. The Hall–Kier alpha value is -1.12. The van der Waals surface area contributed by atoms with Crippen molar-refractivity contribution in [3.8, 4) is 0 Å². The number of fused-ring (bicyclic) bond motifs is 1. The molecule has 1 aliphatic carbocycles. The number of pyridine rings is 1. The number of nitrogens with one attached hydrogen (secondary N) is 1. The van der Waals surface area contributed by atoms with Crippen molar-refractivity contribution in [1.82, 2.24) is 10.3 Å². The van der Waals surface area contributed by atoms with Crippen LogP contribution in [0.4, 0.5) is 0 Å². The molecule has 0 bridgehead atoms. The molecule has 100 valence electrons. The van der Waals surface area contributed by atoms with Crippen molar-refractivity contribution in [2.45, 2.75) is 25.8 Å². The van der Waals surface area contributed by atoms with Crippen molar-refractivity contribution in [2.24, 2.45) is 5.41 Å². The molecule has 0 spiro atoms. The van der Waals surface area contributed by atoms with E-state index in [-0.39, 0.29) is 0 Å². The van der Waals surface area contributed by atoms with E-state index in [0.29, 0.717) is 5.41 Å².